The van der Waals surface area contributed by atoms with Crippen molar-refractivity contribution in [2.24, 2.45) is 5.92 Å². The summed E-state index contributed by atoms with van der Waals surface area (Å²) in [5, 5.41) is 0. The van der Waals surface area contributed by atoms with Gasteiger partial charge in [-0.05, 0) is 99.0 Å². The minimum absolute atomic E-state index is 0.0718. The quantitative estimate of drug-likeness (QED) is 0.0887. The Morgan fingerprint density at radius 3 is 2.06 bits per heavy atom. The van der Waals surface area contributed by atoms with Crippen LogP contribution in [0.5, 0.6) is 0 Å². The summed E-state index contributed by atoms with van der Waals surface area (Å²) in [6.07, 6.45) is 10.2. The van der Waals surface area contributed by atoms with Crippen molar-refractivity contribution in [2.75, 3.05) is 19.8 Å². The topological polar surface area (TPSA) is 71.1 Å². The summed E-state index contributed by atoms with van der Waals surface area (Å²) in [5.74, 6) is 0.0340. The van der Waals surface area contributed by atoms with E-state index in [1.807, 2.05) is 27.7 Å². The molecular weight excluding hydrogens is 456 g/mol. The number of hydrogen-bond donors (Lipinski definition) is 0. The summed E-state index contributed by atoms with van der Waals surface area (Å²) in [6, 6.07) is 0. The van der Waals surface area contributed by atoms with Gasteiger partial charge in [0.05, 0.1) is 17.3 Å². The van der Waals surface area contributed by atoms with E-state index in [2.05, 4.69) is 40.9 Å². The van der Waals surface area contributed by atoms with Gasteiger partial charge in [-0.3, -0.25) is 4.79 Å². The van der Waals surface area contributed by atoms with E-state index in [0.717, 1.165) is 51.4 Å². The normalized spacial score (nSPS) is 14.2. The molecule has 2 unspecified atom stereocenters. The Hall–Kier alpha value is -1.50. The van der Waals surface area contributed by atoms with Gasteiger partial charge in [0.2, 0.25) is 0 Å². The highest BCUT2D eigenvalue weighted by Gasteiger charge is 2.26. The van der Waals surface area contributed by atoms with Crippen molar-refractivity contribution >= 4 is 11.8 Å². The maximum Gasteiger partial charge on any atom is 0.330 e. The Labute approximate surface area is 221 Å². The Morgan fingerprint density at radius 2 is 1.47 bits per heavy atom. The number of rotatable bonds is 22. The van der Waals surface area contributed by atoms with Crippen LogP contribution in [0.25, 0.3) is 0 Å². The van der Waals surface area contributed by atoms with Crippen LogP contribution in [0.1, 0.15) is 107 Å². The van der Waals surface area contributed by atoms with Crippen LogP contribution in [0.4, 0.5) is 0 Å². The first-order valence-electron chi connectivity index (χ1n) is 13.6. The van der Waals surface area contributed by atoms with E-state index >= 15 is 0 Å². The Kier molecular flexibility index (Phi) is 16.4. The average molecular weight is 511 g/mol. The van der Waals surface area contributed by atoms with Gasteiger partial charge in [0.25, 0.3) is 0 Å². The third kappa shape index (κ3) is 17.9. The summed E-state index contributed by atoms with van der Waals surface area (Å²) >= 11 is 0. The fraction of sp³-hybridized carbons (Fsp3) is 0.800. The van der Waals surface area contributed by atoms with E-state index in [-0.39, 0.29) is 29.7 Å². The minimum atomic E-state index is -0.520. The number of hydrogen-bond acceptors (Lipinski definition) is 6. The van der Waals surface area contributed by atoms with Crippen molar-refractivity contribution in [3.63, 3.8) is 0 Å². The van der Waals surface area contributed by atoms with Gasteiger partial charge >= 0.3 is 5.97 Å². The summed E-state index contributed by atoms with van der Waals surface area (Å²) in [4.78, 5) is 22.9. The molecule has 0 heterocycles. The smallest absolute Gasteiger partial charge is 0.330 e. The lowest BCUT2D eigenvalue weighted by atomic mass is 9.86. The van der Waals surface area contributed by atoms with E-state index in [4.69, 9.17) is 18.9 Å². The first kappa shape index (κ1) is 34.5. The molecular formula is C30H54O6. The van der Waals surface area contributed by atoms with E-state index in [9.17, 15) is 9.59 Å². The molecule has 0 bridgehead atoms. The molecule has 6 nitrogen and oxygen atoms in total. The Morgan fingerprint density at radius 1 is 0.861 bits per heavy atom. The second-order valence-electron chi connectivity index (χ2n) is 11.7. The van der Waals surface area contributed by atoms with Gasteiger partial charge in [0.1, 0.15) is 12.2 Å². The number of esters is 1. The molecule has 0 aromatic heterocycles. The predicted molar refractivity (Wildman–Crippen MR) is 147 cm³/mol. The second-order valence-corrected chi connectivity index (χ2v) is 11.7. The fourth-order valence-corrected chi connectivity index (χ4v) is 4.39. The summed E-state index contributed by atoms with van der Waals surface area (Å²) in [6.45, 7) is 24.8. The minimum Gasteiger partial charge on any atom is -0.457 e. The molecule has 0 rings (SSSR count). The highest BCUT2D eigenvalue weighted by molar-refractivity contribution is 5.90. The van der Waals surface area contributed by atoms with Gasteiger partial charge in [-0.15, -0.1) is 0 Å². The summed E-state index contributed by atoms with van der Waals surface area (Å²) in [7, 11) is 0. The van der Waals surface area contributed by atoms with Crippen molar-refractivity contribution in [3.05, 3.63) is 25.3 Å². The number of ether oxygens (including phenoxy) is 4. The van der Waals surface area contributed by atoms with Crippen molar-refractivity contribution in [3.8, 4) is 0 Å². The zero-order valence-electron chi connectivity index (χ0n) is 24.5. The molecule has 0 saturated carbocycles. The van der Waals surface area contributed by atoms with Gasteiger partial charge in [-0.1, -0.05) is 32.9 Å². The van der Waals surface area contributed by atoms with E-state index < -0.39 is 11.6 Å². The zero-order chi connectivity index (χ0) is 27.8. The molecule has 0 aliphatic heterocycles. The number of ketones is 1. The Balaban J connectivity index is 4.44. The lowest BCUT2D eigenvalue weighted by Crippen LogP contribution is -2.31. The molecule has 0 spiro atoms. The largest absolute Gasteiger partial charge is 0.457 e. The molecule has 0 aromatic carbocycles. The Bertz CT molecular complexity index is 664. The molecule has 0 radical (unpaired) electrons. The molecule has 210 valence electrons. The first-order chi connectivity index (χ1) is 16.6. The van der Waals surface area contributed by atoms with Gasteiger partial charge in [0, 0.05) is 19.3 Å². The van der Waals surface area contributed by atoms with Crippen LogP contribution in [0.15, 0.2) is 25.3 Å². The highest BCUT2D eigenvalue weighted by Crippen LogP contribution is 2.29. The van der Waals surface area contributed by atoms with Crippen LogP contribution in [0.3, 0.4) is 0 Å². The maximum absolute atomic E-state index is 11.4. The lowest BCUT2D eigenvalue weighted by molar-refractivity contribution is -0.151. The van der Waals surface area contributed by atoms with Crippen molar-refractivity contribution in [2.45, 2.75) is 130 Å². The molecule has 0 aliphatic rings. The monoisotopic (exact) mass is 510 g/mol. The van der Waals surface area contributed by atoms with Gasteiger partial charge in [0.15, 0.2) is 5.78 Å². The molecule has 6 heteroatoms. The zero-order valence-corrected chi connectivity index (χ0v) is 24.5. The van der Waals surface area contributed by atoms with Gasteiger partial charge in [-0.2, -0.15) is 0 Å². The number of carbonyl (C=O) groups is 2. The highest BCUT2D eigenvalue weighted by atomic mass is 16.6. The molecule has 36 heavy (non-hydrogen) atoms. The van der Waals surface area contributed by atoms with Crippen LogP contribution in [-0.2, 0) is 28.5 Å². The van der Waals surface area contributed by atoms with Crippen molar-refractivity contribution in [1.29, 1.82) is 0 Å². The molecule has 0 fully saturated rings. The molecule has 0 amide bonds. The maximum atomic E-state index is 11.4. The molecule has 0 saturated heterocycles. The van der Waals surface area contributed by atoms with E-state index in [1.54, 1.807) is 0 Å². The third-order valence-corrected chi connectivity index (χ3v) is 6.26. The van der Waals surface area contributed by atoms with Gasteiger partial charge in [-0.25, -0.2) is 4.79 Å². The van der Waals surface area contributed by atoms with Crippen molar-refractivity contribution in [1.82, 2.24) is 0 Å². The fourth-order valence-electron chi connectivity index (χ4n) is 4.39. The molecule has 0 aromatic rings. The second kappa shape index (κ2) is 17.1. The lowest BCUT2D eigenvalue weighted by Gasteiger charge is -2.32. The third-order valence-electron chi connectivity index (χ3n) is 6.26. The first-order valence-corrected chi connectivity index (χ1v) is 13.6. The summed E-state index contributed by atoms with van der Waals surface area (Å²) in [5.41, 5.74) is -1.11. The van der Waals surface area contributed by atoms with Crippen LogP contribution in [-0.4, -0.2) is 54.5 Å². The van der Waals surface area contributed by atoms with Gasteiger partial charge < -0.3 is 18.9 Å². The predicted octanol–water partition coefficient (Wildman–Crippen LogP) is 7.00. The SMILES string of the molecule is C=CC(=O)COC(C)(C)CCCOC(C)(C)CC(CCC)CC(C)OCCCC(C)(C)OC(=O)C=C. The summed E-state index contributed by atoms with van der Waals surface area (Å²) < 4.78 is 23.5. The van der Waals surface area contributed by atoms with Crippen LogP contribution in [0.2, 0.25) is 0 Å². The van der Waals surface area contributed by atoms with Crippen LogP contribution >= 0.6 is 0 Å². The van der Waals surface area contributed by atoms with E-state index in [1.165, 1.54) is 12.2 Å². The standard InChI is InChI=1S/C30H54O6/c1-11-16-25(21-24(4)33-19-14-18-29(7,8)36-27(32)13-3)22-30(9,10)34-20-15-17-28(5,6)35-23-26(31)12-2/h12-13,24-25H,2-3,11,14-23H2,1,4-10H3. The molecule has 0 N–H and O–H groups in total. The van der Waals surface area contributed by atoms with Crippen molar-refractivity contribution < 1.29 is 28.5 Å². The van der Waals surface area contributed by atoms with Crippen LogP contribution in [0, 0.1) is 5.92 Å². The van der Waals surface area contributed by atoms with Crippen LogP contribution < -0.4 is 0 Å². The average Bonchev–Trinajstić information content (AvgIpc) is 2.77. The molecule has 2 atom stereocenters. The van der Waals surface area contributed by atoms with E-state index in [0.29, 0.717) is 19.1 Å². The molecule has 0 aliphatic carbocycles. The number of carbonyl (C=O) groups excluding carboxylic acids is 2.